The normalized spacial score (nSPS) is 12.2. The van der Waals surface area contributed by atoms with Gasteiger partial charge < -0.3 is 14.6 Å². The van der Waals surface area contributed by atoms with E-state index in [2.05, 4.69) is 15.0 Å². The summed E-state index contributed by atoms with van der Waals surface area (Å²) in [6, 6.07) is 0.854. The Bertz CT molecular complexity index is 886. The number of aliphatic hydroxyl groups excluding tert-OH is 1. The van der Waals surface area contributed by atoms with Gasteiger partial charge in [0.1, 0.15) is 16.5 Å². The highest BCUT2D eigenvalue weighted by molar-refractivity contribution is 7.17. The summed E-state index contributed by atoms with van der Waals surface area (Å²) in [6.45, 7) is 1.64. The molecule has 0 bridgehead atoms. The van der Waals surface area contributed by atoms with Crippen molar-refractivity contribution in [3.63, 3.8) is 0 Å². The average molecular weight is 420 g/mol. The number of thiazole rings is 1. The van der Waals surface area contributed by atoms with Gasteiger partial charge >= 0.3 is 5.97 Å². The minimum Gasteiger partial charge on any atom is -0.506 e. The zero-order valence-electron chi connectivity index (χ0n) is 13.5. The van der Waals surface area contributed by atoms with Crippen LogP contribution in [-0.4, -0.2) is 41.0 Å². The van der Waals surface area contributed by atoms with Crippen molar-refractivity contribution in [3.8, 4) is 5.06 Å². The topological polar surface area (TPSA) is 93.9 Å². The summed E-state index contributed by atoms with van der Waals surface area (Å²) < 4.78 is 23.5. The number of hydrogen-bond donors (Lipinski definition) is 1. The summed E-state index contributed by atoms with van der Waals surface area (Å²) in [4.78, 5) is 23.7. The lowest BCUT2D eigenvalue weighted by Crippen LogP contribution is -2.11. The van der Waals surface area contributed by atoms with Crippen LogP contribution in [0.4, 0.5) is 9.52 Å². The Labute approximate surface area is 161 Å². The van der Waals surface area contributed by atoms with Crippen molar-refractivity contribution in [1.29, 1.82) is 0 Å². The SMILES string of the molecule is CCOC(=O)C(/C=N/c1ncc(OC)s1)=C(/O)c1cc(F)c(Cl)nc1Cl. The molecule has 0 radical (unpaired) electrons. The van der Waals surface area contributed by atoms with Crippen molar-refractivity contribution in [2.24, 2.45) is 4.99 Å². The van der Waals surface area contributed by atoms with Crippen molar-refractivity contribution in [1.82, 2.24) is 9.97 Å². The van der Waals surface area contributed by atoms with Gasteiger partial charge in [-0.25, -0.2) is 24.1 Å². The standard InChI is InChI=1S/C15H12Cl2FN3O4S/c1-3-25-14(23)8(5-19-15-20-6-10(24-2)26-15)11(22)7-4-9(18)13(17)21-12(7)16/h4-6,22H,3H2,1-2H3/b11-8+,19-5+. The highest BCUT2D eigenvalue weighted by Crippen LogP contribution is 2.29. The van der Waals surface area contributed by atoms with Crippen LogP contribution in [0.3, 0.4) is 0 Å². The number of rotatable bonds is 6. The predicted molar refractivity (Wildman–Crippen MR) is 97.2 cm³/mol. The summed E-state index contributed by atoms with van der Waals surface area (Å²) in [5.74, 6) is -2.46. The van der Waals surface area contributed by atoms with Crippen LogP contribution < -0.4 is 4.74 Å². The third kappa shape index (κ3) is 4.69. The van der Waals surface area contributed by atoms with Gasteiger partial charge in [-0.2, -0.15) is 0 Å². The first-order valence-electron chi connectivity index (χ1n) is 7.03. The number of halogens is 3. The van der Waals surface area contributed by atoms with E-state index in [1.807, 2.05) is 0 Å². The third-order valence-corrected chi connectivity index (χ3v) is 4.29. The quantitative estimate of drug-likeness (QED) is 0.247. The minimum atomic E-state index is -0.914. The maximum absolute atomic E-state index is 13.7. The van der Waals surface area contributed by atoms with Crippen molar-refractivity contribution in [2.75, 3.05) is 13.7 Å². The number of methoxy groups -OCH3 is 1. The fourth-order valence-corrected chi connectivity index (χ4v) is 2.69. The van der Waals surface area contributed by atoms with Crippen molar-refractivity contribution < 1.29 is 23.8 Å². The van der Waals surface area contributed by atoms with E-state index in [4.69, 9.17) is 32.7 Å². The molecule has 0 aliphatic carbocycles. The molecule has 0 saturated heterocycles. The Kier molecular flexibility index (Phi) is 6.90. The molecule has 0 atom stereocenters. The molecule has 1 N–H and O–H groups in total. The van der Waals surface area contributed by atoms with Crippen LogP contribution in [0, 0.1) is 5.82 Å². The van der Waals surface area contributed by atoms with Gasteiger partial charge in [-0.15, -0.1) is 0 Å². The molecule has 0 aromatic carbocycles. The summed E-state index contributed by atoms with van der Waals surface area (Å²) in [5, 5.41) is 10.4. The van der Waals surface area contributed by atoms with Gasteiger partial charge in [0.05, 0.1) is 25.5 Å². The second kappa shape index (κ2) is 8.93. The van der Waals surface area contributed by atoms with Crippen molar-refractivity contribution >= 4 is 57.6 Å². The Balaban J connectivity index is 2.50. The lowest BCUT2D eigenvalue weighted by Gasteiger charge is -2.08. The molecular formula is C15H12Cl2FN3O4S. The van der Waals surface area contributed by atoms with Gasteiger partial charge in [0.2, 0.25) is 5.13 Å². The number of ether oxygens (including phenoxy) is 2. The van der Waals surface area contributed by atoms with E-state index in [0.29, 0.717) is 5.06 Å². The number of nitrogens with zero attached hydrogens (tertiary/aromatic N) is 3. The molecule has 138 valence electrons. The number of aliphatic hydroxyl groups is 1. The molecule has 0 fully saturated rings. The van der Waals surface area contributed by atoms with Gasteiger partial charge in [-0.1, -0.05) is 34.5 Å². The van der Waals surface area contributed by atoms with Gasteiger partial charge in [-0.3, -0.25) is 0 Å². The van der Waals surface area contributed by atoms with E-state index in [1.165, 1.54) is 13.3 Å². The van der Waals surface area contributed by atoms with Crippen molar-refractivity contribution in [3.05, 3.63) is 39.5 Å². The number of carbonyl (C=O) groups is 1. The first kappa shape index (κ1) is 20.1. The largest absolute Gasteiger partial charge is 0.506 e. The molecule has 2 rings (SSSR count). The Hall–Kier alpha value is -2.23. The minimum absolute atomic E-state index is 0.0511. The highest BCUT2D eigenvalue weighted by Gasteiger charge is 2.21. The Morgan fingerprint density at radius 3 is 2.81 bits per heavy atom. The van der Waals surface area contributed by atoms with E-state index in [1.54, 1.807) is 6.92 Å². The molecule has 2 heterocycles. The molecule has 0 aliphatic rings. The predicted octanol–water partition coefficient (Wildman–Crippen LogP) is 4.23. The number of carbonyl (C=O) groups excluding carboxylic acids is 1. The lowest BCUT2D eigenvalue weighted by atomic mass is 10.1. The molecule has 0 amide bonds. The van der Waals surface area contributed by atoms with Crippen LogP contribution in [0.5, 0.6) is 5.06 Å². The van der Waals surface area contributed by atoms with Crippen LogP contribution in [0.15, 0.2) is 22.8 Å². The Morgan fingerprint density at radius 1 is 1.46 bits per heavy atom. The number of pyridine rings is 1. The van der Waals surface area contributed by atoms with Gasteiger partial charge in [0.25, 0.3) is 0 Å². The van der Waals surface area contributed by atoms with E-state index in [9.17, 15) is 14.3 Å². The fraction of sp³-hybridized carbons (Fsp3) is 0.200. The van der Waals surface area contributed by atoms with E-state index in [-0.39, 0.29) is 28.0 Å². The summed E-state index contributed by atoms with van der Waals surface area (Å²) in [6.07, 6.45) is 2.48. The number of hydrogen-bond acceptors (Lipinski definition) is 8. The Morgan fingerprint density at radius 2 is 2.19 bits per heavy atom. The third-order valence-electron chi connectivity index (χ3n) is 2.87. The van der Waals surface area contributed by atoms with Crippen LogP contribution >= 0.6 is 34.5 Å². The van der Waals surface area contributed by atoms with E-state index in [0.717, 1.165) is 23.6 Å². The van der Waals surface area contributed by atoms with Crippen LogP contribution in [0.25, 0.3) is 5.76 Å². The highest BCUT2D eigenvalue weighted by atomic mass is 35.5. The molecular weight excluding hydrogens is 408 g/mol. The van der Waals surface area contributed by atoms with Crippen LogP contribution in [0.1, 0.15) is 12.5 Å². The van der Waals surface area contributed by atoms with E-state index >= 15 is 0 Å². The zero-order valence-corrected chi connectivity index (χ0v) is 15.8. The van der Waals surface area contributed by atoms with Gasteiger partial charge in [-0.05, 0) is 13.0 Å². The molecule has 0 saturated carbocycles. The molecule has 11 heteroatoms. The average Bonchev–Trinajstić information content (AvgIpc) is 3.06. The molecule has 2 aromatic heterocycles. The summed E-state index contributed by atoms with van der Waals surface area (Å²) in [5.41, 5.74) is -0.591. The van der Waals surface area contributed by atoms with Gasteiger partial charge in [0.15, 0.2) is 16.0 Å². The fourth-order valence-electron chi connectivity index (χ4n) is 1.70. The van der Waals surface area contributed by atoms with Gasteiger partial charge in [0, 0.05) is 6.21 Å². The van der Waals surface area contributed by atoms with Crippen LogP contribution in [-0.2, 0) is 9.53 Å². The molecule has 7 nitrogen and oxygen atoms in total. The second-order valence-electron chi connectivity index (χ2n) is 4.51. The summed E-state index contributed by atoms with van der Waals surface area (Å²) in [7, 11) is 1.47. The molecule has 2 aromatic rings. The number of aliphatic imine (C=N–C) groups is 1. The number of aromatic nitrogens is 2. The molecule has 0 spiro atoms. The molecule has 0 unspecified atom stereocenters. The maximum atomic E-state index is 13.7. The lowest BCUT2D eigenvalue weighted by molar-refractivity contribution is -0.137. The molecule has 0 aliphatic heterocycles. The zero-order chi connectivity index (χ0) is 19.3. The smallest absolute Gasteiger partial charge is 0.343 e. The molecule has 26 heavy (non-hydrogen) atoms. The van der Waals surface area contributed by atoms with Crippen molar-refractivity contribution in [2.45, 2.75) is 6.92 Å². The first-order valence-corrected chi connectivity index (χ1v) is 8.60. The second-order valence-corrected chi connectivity index (χ2v) is 6.19. The number of esters is 1. The maximum Gasteiger partial charge on any atom is 0.343 e. The first-order chi connectivity index (χ1) is 12.4. The van der Waals surface area contributed by atoms with Crippen LogP contribution in [0.2, 0.25) is 10.3 Å². The summed E-state index contributed by atoms with van der Waals surface area (Å²) >= 11 is 12.5. The monoisotopic (exact) mass is 419 g/mol. The van der Waals surface area contributed by atoms with E-state index < -0.39 is 22.7 Å².